The molecule has 1 aliphatic rings. The summed E-state index contributed by atoms with van der Waals surface area (Å²) < 4.78 is 39.1. The van der Waals surface area contributed by atoms with Gasteiger partial charge in [-0.3, -0.25) is 9.48 Å². The fourth-order valence-electron chi connectivity index (χ4n) is 1.91. The first-order chi connectivity index (χ1) is 8.77. The summed E-state index contributed by atoms with van der Waals surface area (Å²) in [5, 5.41) is 6.17. The van der Waals surface area contributed by atoms with Crippen molar-refractivity contribution in [2.75, 3.05) is 0 Å². The summed E-state index contributed by atoms with van der Waals surface area (Å²) in [6.07, 6.45) is -2.76. The minimum atomic E-state index is -4.47. The second kappa shape index (κ2) is 4.86. The topological polar surface area (TPSA) is 46.9 Å². The zero-order chi connectivity index (χ0) is 14.2. The van der Waals surface area contributed by atoms with Gasteiger partial charge in [-0.15, -0.1) is 0 Å². The highest BCUT2D eigenvalue weighted by atomic mass is 19.4. The predicted molar refractivity (Wildman–Crippen MR) is 62.5 cm³/mol. The quantitative estimate of drug-likeness (QED) is 0.916. The Hall–Kier alpha value is -1.53. The van der Waals surface area contributed by atoms with Gasteiger partial charge in [-0.25, -0.2) is 0 Å². The SMILES string of the molecule is CC(C)NC(=O)Cn1nc(C(F)(F)F)cc1C1CC1. The van der Waals surface area contributed by atoms with Crippen molar-refractivity contribution in [1.29, 1.82) is 0 Å². The summed E-state index contributed by atoms with van der Waals surface area (Å²) in [5.74, 6) is -0.218. The van der Waals surface area contributed by atoms with Gasteiger partial charge in [0.05, 0.1) is 0 Å². The molecular weight excluding hydrogens is 259 g/mol. The Bertz CT molecular complexity index is 475. The molecule has 1 aromatic rings. The lowest BCUT2D eigenvalue weighted by Gasteiger charge is -2.10. The number of hydrogen-bond acceptors (Lipinski definition) is 2. The molecule has 0 aliphatic heterocycles. The number of amides is 1. The van der Waals surface area contributed by atoms with E-state index < -0.39 is 11.9 Å². The van der Waals surface area contributed by atoms with E-state index in [4.69, 9.17) is 0 Å². The molecule has 1 aromatic heterocycles. The van der Waals surface area contributed by atoms with Gasteiger partial charge in [0, 0.05) is 17.7 Å². The molecule has 0 unspecified atom stereocenters. The van der Waals surface area contributed by atoms with Crippen LogP contribution in [0.25, 0.3) is 0 Å². The van der Waals surface area contributed by atoms with Crippen LogP contribution in [-0.2, 0) is 17.5 Å². The van der Waals surface area contributed by atoms with Crippen LogP contribution in [0.15, 0.2) is 6.07 Å². The lowest BCUT2D eigenvalue weighted by Crippen LogP contribution is -2.33. The smallest absolute Gasteiger partial charge is 0.352 e. The van der Waals surface area contributed by atoms with Crippen LogP contribution in [0.1, 0.15) is 44.0 Å². The summed E-state index contributed by atoms with van der Waals surface area (Å²) in [5.41, 5.74) is -0.419. The molecule has 4 nitrogen and oxygen atoms in total. The first kappa shape index (κ1) is 13.9. The number of hydrogen-bond donors (Lipinski definition) is 1. The molecule has 1 saturated carbocycles. The number of nitrogens with zero attached hydrogens (tertiary/aromatic N) is 2. The molecule has 0 saturated heterocycles. The first-order valence-corrected chi connectivity index (χ1v) is 6.21. The molecule has 2 rings (SSSR count). The summed E-state index contributed by atoms with van der Waals surface area (Å²) in [4.78, 5) is 11.6. The van der Waals surface area contributed by atoms with Gasteiger partial charge in [-0.2, -0.15) is 18.3 Å². The van der Waals surface area contributed by atoms with Crippen LogP contribution in [-0.4, -0.2) is 21.7 Å². The van der Waals surface area contributed by atoms with Crippen LogP contribution in [0.4, 0.5) is 13.2 Å². The fourth-order valence-corrected chi connectivity index (χ4v) is 1.91. The van der Waals surface area contributed by atoms with E-state index in [0.717, 1.165) is 18.9 Å². The molecule has 0 aromatic carbocycles. The normalized spacial score (nSPS) is 15.9. The fraction of sp³-hybridized carbons (Fsp3) is 0.667. The van der Waals surface area contributed by atoms with E-state index >= 15 is 0 Å². The van der Waals surface area contributed by atoms with Gasteiger partial charge >= 0.3 is 6.18 Å². The molecule has 19 heavy (non-hydrogen) atoms. The number of alkyl halides is 3. The van der Waals surface area contributed by atoms with Gasteiger partial charge in [0.2, 0.25) is 5.91 Å². The predicted octanol–water partition coefficient (Wildman–Crippen LogP) is 2.30. The van der Waals surface area contributed by atoms with E-state index in [0.29, 0.717) is 5.69 Å². The maximum Gasteiger partial charge on any atom is 0.435 e. The number of nitrogens with one attached hydrogen (secondary N) is 1. The van der Waals surface area contributed by atoms with Gasteiger partial charge in [-0.1, -0.05) is 0 Å². The highest BCUT2D eigenvalue weighted by Gasteiger charge is 2.38. The van der Waals surface area contributed by atoms with E-state index in [2.05, 4.69) is 10.4 Å². The van der Waals surface area contributed by atoms with Crippen molar-refractivity contribution in [3.05, 3.63) is 17.5 Å². The standard InChI is InChI=1S/C12H16F3N3O/c1-7(2)16-11(19)6-18-9(8-3-4-8)5-10(17-18)12(13,14)15/h5,7-8H,3-4,6H2,1-2H3,(H,16,19). The van der Waals surface area contributed by atoms with E-state index in [-0.39, 0.29) is 24.4 Å². The monoisotopic (exact) mass is 275 g/mol. The van der Waals surface area contributed by atoms with Crippen LogP contribution < -0.4 is 5.32 Å². The minimum Gasteiger partial charge on any atom is -0.352 e. The summed E-state index contributed by atoms with van der Waals surface area (Å²) in [7, 11) is 0. The molecule has 0 bridgehead atoms. The molecule has 1 N–H and O–H groups in total. The number of halogens is 3. The molecule has 1 aliphatic carbocycles. The van der Waals surface area contributed by atoms with Crippen LogP contribution in [0.3, 0.4) is 0 Å². The summed E-state index contributed by atoms with van der Waals surface area (Å²) >= 11 is 0. The highest BCUT2D eigenvalue weighted by Crippen LogP contribution is 2.42. The van der Waals surface area contributed by atoms with Crippen LogP contribution >= 0.6 is 0 Å². The Balaban J connectivity index is 2.18. The molecule has 1 fully saturated rings. The first-order valence-electron chi connectivity index (χ1n) is 6.21. The maximum atomic E-state index is 12.6. The molecule has 0 atom stereocenters. The van der Waals surface area contributed by atoms with Gasteiger partial charge in [0.15, 0.2) is 5.69 Å². The van der Waals surface area contributed by atoms with Crippen molar-refractivity contribution in [1.82, 2.24) is 15.1 Å². The van der Waals surface area contributed by atoms with E-state index in [1.165, 1.54) is 4.68 Å². The van der Waals surface area contributed by atoms with E-state index in [1.54, 1.807) is 13.8 Å². The number of rotatable bonds is 4. The zero-order valence-corrected chi connectivity index (χ0v) is 10.8. The number of carbonyl (C=O) groups is 1. The molecule has 0 spiro atoms. The third-order valence-corrected chi connectivity index (χ3v) is 2.84. The van der Waals surface area contributed by atoms with E-state index in [9.17, 15) is 18.0 Å². The Labute approximate surface area is 109 Å². The van der Waals surface area contributed by atoms with E-state index in [1.807, 2.05) is 0 Å². The highest BCUT2D eigenvalue weighted by molar-refractivity contribution is 5.76. The molecule has 106 valence electrons. The van der Waals surface area contributed by atoms with Gasteiger partial charge in [0.25, 0.3) is 0 Å². The second-order valence-corrected chi connectivity index (χ2v) is 5.11. The van der Waals surface area contributed by atoms with Crippen molar-refractivity contribution in [3.63, 3.8) is 0 Å². The molecule has 1 heterocycles. The lowest BCUT2D eigenvalue weighted by molar-refractivity contribution is -0.141. The molecular formula is C12H16F3N3O. The van der Waals surface area contributed by atoms with Crippen molar-refractivity contribution in [2.24, 2.45) is 0 Å². The minimum absolute atomic E-state index is 0.0467. The number of aromatic nitrogens is 2. The summed E-state index contributed by atoms with van der Waals surface area (Å²) in [6.45, 7) is 3.42. The summed E-state index contributed by atoms with van der Waals surface area (Å²) in [6, 6.07) is 1.01. The Kier molecular flexibility index (Phi) is 3.56. The van der Waals surface area contributed by atoms with Crippen LogP contribution in [0, 0.1) is 0 Å². The largest absolute Gasteiger partial charge is 0.435 e. The average molecular weight is 275 g/mol. The van der Waals surface area contributed by atoms with Crippen LogP contribution in [0.2, 0.25) is 0 Å². The zero-order valence-electron chi connectivity index (χ0n) is 10.8. The lowest BCUT2D eigenvalue weighted by atomic mass is 10.2. The molecule has 7 heteroatoms. The Morgan fingerprint density at radius 2 is 2.16 bits per heavy atom. The van der Waals surface area contributed by atoms with Crippen molar-refractivity contribution in [3.8, 4) is 0 Å². The van der Waals surface area contributed by atoms with Crippen molar-refractivity contribution in [2.45, 2.75) is 51.4 Å². The van der Waals surface area contributed by atoms with Crippen molar-refractivity contribution < 1.29 is 18.0 Å². The molecule has 0 radical (unpaired) electrons. The third-order valence-electron chi connectivity index (χ3n) is 2.84. The Morgan fingerprint density at radius 3 is 2.63 bits per heavy atom. The number of carbonyl (C=O) groups excluding carboxylic acids is 1. The maximum absolute atomic E-state index is 12.6. The Morgan fingerprint density at radius 1 is 1.53 bits per heavy atom. The van der Waals surface area contributed by atoms with Crippen molar-refractivity contribution >= 4 is 5.91 Å². The van der Waals surface area contributed by atoms with Gasteiger partial charge in [0.1, 0.15) is 6.54 Å². The molecule has 1 amide bonds. The van der Waals surface area contributed by atoms with Gasteiger partial charge in [-0.05, 0) is 32.8 Å². The average Bonchev–Trinajstić information content (AvgIpc) is 2.98. The second-order valence-electron chi connectivity index (χ2n) is 5.11. The van der Waals surface area contributed by atoms with Crippen LogP contribution in [0.5, 0.6) is 0 Å². The third kappa shape index (κ3) is 3.48. The van der Waals surface area contributed by atoms with Gasteiger partial charge < -0.3 is 5.32 Å².